The van der Waals surface area contributed by atoms with Gasteiger partial charge < -0.3 is 4.90 Å². The van der Waals surface area contributed by atoms with Crippen molar-refractivity contribution in [1.82, 2.24) is 18.7 Å². The van der Waals surface area contributed by atoms with E-state index in [0.29, 0.717) is 19.0 Å². The molecule has 32 heavy (non-hydrogen) atoms. The average Bonchev–Trinajstić information content (AvgIpc) is 3.17. The fourth-order valence-electron chi connectivity index (χ4n) is 3.80. The SMILES string of the molecule is CCN(Cc1ccccc1)c1nc2c(c(=O)n(C)c(=O)n2C)n1Cc1c(F)cccc1Cl. The Morgan fingerprint density at radius 3 is 2.41 bits per heavy atom. The van der Waals surface area contributed by atoms with Crippen molar-refractivity contribution in [3.63, 3.8) is 0 Å². The number of benzene rings is 2. The lowest BCUT2D eigenvalue weighted by atomic mass is 10.2. The number of halogens is 2. The van der Waals surface area contributed by atoms with Gasteiger partial charge >= 0.3 is 5.69 Å². The van der Waals surface area contributed by atoms with Crippen molar-refractivity contribution in [3.05, 3.63) is 91.3 Å². The highest BCUT2D eigenvalue weighted by Gasteiger charge is 2.24. The maximum atomic E-state index is 14.7. The zero-order valence-electron chi connectivity index (χ0n) is 18.0. The molecule has 0 saturated heterocycles. The van der Waals surface area contributed by atoms with E-state index in [1.54, 1.807) is 17.7 Å². The normalized spacial score (nSPS) is 11.3. The summed E-state index contributed by atoms with van der Waals surface area (Å²) in [4.78, 5) is 32.3. The van der Waals surface area contributed by atoms with Gasteiger partial charge in [-0.3, -0.25) is 18.5 Å². The van der Waals surface area contributed by atoms with Crippen molar-refractivity contribution >= 4 is 28.7 Å². The summed E-state index contributed by atoms with van der Waals surface area (Å²) in [7, 11) is 2.98. The molecule has 0 N–H and O–H groups in total. The Hall–Kier alpha value is -3.39. The standard InChI is InChI=1S/C23H23ClFN5O2/c1-4-29(13-15-9-6-5-7-10-15)22-26-20-19(21(31)28(3)23(32)27(20)2)30(22)14-16-17(24)11-8-12-18(16)25/h5-12H,4,13-14H2,1-3H3. The van der Waals surface area contributed by atoms with Crippen molar-refractivity contribution in [2.24, 2.45) is 14.1 Å². The Balaban J connectivity index is 1.98. The summed E-state index contributed by atoms with van der Waals surface area (Å²) in [6, 6.07) is 14.3. The molecule has 0 bridgehead atoms. The molecule has 0 unspecified atom stereocenters. The van der Waals surface area contributed by atoms with Crippen molar-refractivity contribution < 1.29 is 4.39 Å². The molecule has 166 valence electrons. The zero-order valence-corrected chi connectivity index (χ0v) is 18.8. The monoisotopic (exact) mass is 455 g/mol. The molecule has 2 aromatic heterocycles. The number of anilines is 1. The van der Waals surface area contributed by atoms with Crippen molar-refractivity contribution in [1.29, 1.82) is 0 Å². The van der Waals surface area contributed by atoms with Gasteiger partial charge in [0.15, 0.2) is 11.2 Å². The summed E-state index contributed by atoms with van der Waals surface area (Å²) < 4.78 is 18.7. The smallest absolute Gasteiger partial charge is 0.332 e. The molecular weight excluding hydrogens is 433 g/mol. The molecule has 0 saturated carbocycles. The Morgan fingerprint density at radius 2 is 1.75 bits per heavy atom. The van der Waals surface area contributed by atoms with Gasteiger partial charge in [0.05, 0.1) is 6.54 Å². The summed E-state index contributed by atoms with van der Waals surface area (Å²) in [5.74, 6) is -0.0120. The molecule has 0 atom stereocenters. The Labute approximate surface area is 188 Å². The van der Waals surface area contributed by atoms with Gasteiger partial charge in [-0.1, -0.05) is 48.0 Å². The van der Waals surface area contributed by atoms with Gasteiger partial charge in [-0.05, 0) is 24.6 Å². The summed E-state index contributed by atoms with van der Waals surface area (Å²) in [6.07, 6.45) is 0. The first-order valence-corrected chi connectivity index (χ1v) is 10.6. The van der Waals surface area contributed by atoms with Crippen LogP contribution in [-0.2, 0) is 27.2 Å². The number of nitrogens with zero attached hydrogens (tertiary/aromatic N) is 5. The van der Waals surface area contributed by atoms with Gasteiger partial charge in [-0.25, -0.2) is 9.18 Å². The van der Waals surface area contributed by atoms with Gasteiger partial charge in [0, 0.05) is 37.8 Å². The van der Waals surface area contributed by atoms with Crippen LogP contribution < -0.4 is 16.1 Å². The third kappa shape index (κ3) is 3.71. The van der Waals surface area contributed by atoms with Crippen LogP contribution in [-0.4, -0.2) is 25.2 Å². The second kappa shape index (κ2) is 8.63. The molecule has 9 heteroatoms. The minimum Gasteiger partial charge on any atom is -0.338 e. The predicted molar refractivity (Wildman–Crippen MR) is 124 cm³/mol. The van der Waals surface area contributed by atoms with Gasteiger partial charge in [0.1, 0.15) is 5.82 Å². The van der Waals surface area contributed by atoms with E-state index in [4.69, 9.17) is 11.6 Å². The van der Waals surface area contributed by atoms with E-state index in [1.165, 1.54) is 23.7 Å². The number of hydrogen-bond acceptors (Lipinski definition) is 4. The molecule has 0 spiro atoms. The van der Waals surface area contributed by atoms with E-state index in [0.717, 1.165) is 10.1 Å². The average molecular weight is 456 g/mol. The third-order valence-corrected chi connectivity index (χ3v) is 5.94. The maximum absolute atomic E-state index is 14.7. The minimum absolute atomic E-state index is 0.00390. The number of hydrogen-bond donors (Lipinski definition) is 0. The highest BCUT2D eigenvalue weighted by molar-refractivity contribution is 6.31. The van der Waals surface area contributed by atoms with Crippen LogP contribution in [0.4, 0.5) is 10.3 Å². The van der Waals surface area contributed by atoms with Crippen LogP contribution in [0.1, 0.15) is 18.1 Å². The number of rotatable bonds is 6. The van der Waals surface area contributed by atoms with Crippen LogP contribution in [0.25, 0.3) is 11.2 Å². The van der Waals surface area contributed by atoms with Gasteiger partial charge in [0.25, 0.3) is 5.56 Å². The van der Waals surface area contributed by atoms with Crippen LogP contribution in [0, 0.1) is 5.82 Å². The van der Waals surface area contributed by atoms with Crippen LogP contribution >= 0.6 is 11.6 Å². The summed E-state index contributed by atoms with van der Waals surface area (Å²) >= 11 is 6.29. The van der Waals surface area contributed by atoms with Crippen LogP contribution in [0.2, 0.25) is 5.02 Å². The molecule has 0 aliphatic heterocycles. The predicted octanol–water partition coefficient (Wildman–Crippen LogP) is 3.30. The lowest BCUT2D eigenvalue weighted by Gasteiger charge is -2.23. The fourth-order valence-corrected chi connectivity index (χ4v) is 4.02. The molecular formula is C23H23ClFN5O2. The van der Waals surface area contributed by atoms with Crippen LogP contribution in [0.15, 0.2) is 58.1 Å². The summed E-state index contributed by atoms with van der Waals surface area (Å²) in [5.41, 5.74) is 0.793. The number of aromatic nitrogens is 4. The maximum Gasteiger partial charge on any atom is 0.332 e. The van der Waals surface area contributed by atoms with Gasteiger partial charge in [-0.15, -0.1) is 0 Å². The number of aryl methyl sites for hydroxylation is 1. The molecule has 4 aromatic rings. The van der Waals surface area contributed by atoms with Crippen molar-refractivity contribution in [2.75, 3.05) is 11.4 Å². The quantitative estimate of drug-likeness (QED) is 0.447. The van der Waals surface area contributed by atoms with Gasteiger partial charge in [0.2, 0.25) is 5.95 Å². The summed E-state index contributed by atoms with van der Waals surface area (Å²) in [5, 5.41) is 0.255. The molecule has 0 fully saturated rings. The lowest BCUT2D eigenvalue weighted by Crippen LogP contribution is -2.37. The van der Waals surface area contributed by atoms with Crippen LogP contribution in [0.5, 0.6) is 0 Å². The molecule has 7 nitrogen and oxygen atoms in total. The minimum atomic E-state index is -0.495. The second-order valence-corrected chi connectivity index (χ2v) is 7.98. The first kappa shape index (κ1) is 21.8. The largest absolute Gasteiger partial charge is 0.338 e. The topological polar surface area (TPSA) is 65.1 Å². The molecule has 2 heterocycles. The molecule has 4 rings (SSSR count). The molecule has 2 aromatic carbocycles. The molecule has 0 aliphatic rings. The first-order chi connectivity index (χ1) is 15.3. The van der Waals surface area contributed by atoms with Crippen LogP contribution in [0.3, 0.4) is 0 Å². The van der Waals surface area contributed by atoms with Gasteiger partial charge in [-0.2, -0.15) is 4.98 Å². The van der Waals surface area contributed by atoms with E-state index in [2.05, 4.69) is 4.98 Å². The zero-order chi connectivity index (χ0) is 23.0. The number of imidazole rings is 1. The Kier molecular flexibility index (Phi) is 5.88. The summed E-state index contributed by atoms with van der Waals surface area (Å²) in [6.45, 7) is 3.08. The molecule has 0 aliphatic carbocycles. The molecule has 0 radical (unpaired) electrons. The Morgan fingerprint density at radius 1 is 1.03 bits per heavy atom. The highest BCUT2D eigenvalue weighted by atomic mass is 35.5. The van der Waals surface area contributed by atoms with E-state index in [1.807, 2.05) is 42.2 Å². The van der Waals surface area contributed by atoms with Crippen molar-refractivity contribution in [3.8, 4) is 0 Å². The van der Waals surface area contributed by atoms with E-state index >= 15 is 0 Å². The van der Waals surface area contributed by atoms with E-state index in [9.17, 15) is 14.0 Å². The van der Waals surface area contributed by atoms with Crippen molar-refractivity contribution in [2.45, 2.75) is 20.0 Å². The fraction of sp³-hybridized carbons (Fsp3) is 0.261. The first-order valence-electron chi connectivity index (χ1n) is 10.2. The molecule has 0 amide bonds. The third-order valence-electron chi connectivity index (χ3n) is 5.59. The van der Waals surface area contributed by atoms with E-state index < -0.39 is 17.1 Å². The second-order valence-electron chi connectivity index (χ2n) is 7.58. The lowest BCUT2D eigenvalue weighted by molar-refractivity contribution is 0.599. The number of fused-ring (bicyclic) bond motifs is 1. The van der Waals surface area contributed by atoms with E-state index in [-0.39, 0.29) is 28.3 Å². The highest BCUT2D eigenvalue weighted by Crippen LogP contribution is 2.26. The Bertz CT molecular complexity index is 1390.